The first-order chi connectivity index (χ1) is 9.24. The van der Waals surface area contributed by atoms with Crippen LogP contribution in [-0.4, -0.2) is 7.11 Å². The molecule has 2 aromatic rings. The Morgan fingerprint density at radius 1 is 1.11 bits per heavy atom. The minimum atomic E-state index is 0.418. The van der Waals surface area contributed by atoms with Crippen molar-refractivity contribution in [1.82, 2.24) is 0 Å². The fourth-order valence-corrected chi connectivity index (χ4v) is 2.23. The first-order valence-corrected chi connectivity index (χ1v) is 7.33. The summed E-state index contributed by atoms with van der Waals surface area (Å²) in [6.07, 6.45) is 0. The Hall–Kier alpha value is -1.19. The van der Waals surface area contributed by atoms with Crippen molar-refractivity contribution in [3.05, 3.63) is 58.6 Å². The summed E-state index contributed by atoms with van der Waals surface area (Å²) in [4.78, 5) is 0. The van der Waals surface area contributed by atoms with E-state index in [1.807, 2.05) is 42.5 Å². The van der Waals surface area contributed by atoms with Crippen molar-refractivity contribution < 1.29 is 9.47 Å². The predicted molar refractivity (Wildman–Crippen MR) is 81.4 cm³/mol. The van der Waals surface area contributed by atoms with Crippen molar-refractivity contribution >= 4 is 27.5 Å². The highest BCUT2D eigenvalue weighted by Crippen LogP contribution is 2.30. The van der Waals surface area contributed by atoms with Gasteiger partial charge in [-0.3, -0.25) is 0 Å². The van der Waals surface area contributed by atoms with Gasteiger partial charge in [0.1, 0.15) is 6.61 Å². The van der Waals surface area contributed by atoms with E-state index in [4.69, 9.17) is 21.1 Å². The number of hydrogen-bond acceptors (Lipinski definition) is 2. The van der Waals surface area contributed by atoms with Crippen LogP contribution in [0.3, 0.4) is 0 Å². The zero-order chi connectivity index (χ0) is 13.7. The van der Waals surface area contributed by atoms with Crippen LogP contribution >= 0.6 is 27.5 Å². The number of benzene rings is 2. The highest BCUT2D eigenvalue weighted by Gasteiger charge is 2.07. The van der Waals surface area contributed by atoms with Gasteiger partial charge in [-0.15, -0.1) is 0 Å². The third-order valence-corrected chi connectivity index (χ3v) is 3.74. The molecule has 2 aromatic carbocycles. The number of rotatable bonds is 5. The number of methoxy groups -OCH3 is 1. The molecule has 0 aliphatic carbocycles. The lowest BCUT2D eigenvalue weighted by Gasteiger charge is -2.12. The molecular formula is C15H14BrClO2. The number of halogens is 2. The van der Waals surface area contributed by atoms with E-state index in [0.29, 0.717) is 11.6 Å². The van der Waals surface area contributed by atoms with Gasteiger partial charge in [-0.2, -0.15) is 0 Å². The van der Waals surface area contributed by atoms with E-state index < -0.39 is 0 Å². The van der Waals surface area contributed by atoms with Gasteiger partial charge in [0.15, 0.2) is 11.5 Å². The second kappa shape index (κ2) is 6.83. The van der Waals surface area contributed by atoms with Gasteiger partial charge in [0, 0.05) is 15.9 Å². The van der Waals surface area contributed by atoms with Crippen molar-refractivity contribution in [2.24, 2.45) is 0 Å². The molecule has 0 saturated carbocycles. The van der Waals surface area contributed by atoms with E-state index in [9.17, 15) is 0 Å². The maximum Gasteiger partial charge on any atom is 0.161 e. The molecule has 4 heteroatoms. The van der Waals surface area contributed by atoms with Crippen LogP contribution in [0.25, 0.3) is 0 Å². The summed E-state index contributed by atoms with van der Waals surface area (Å²) in [6.45, 7) is 0.418. The Kier molecular flexibility index (Phi) is 5.11. The van der Waals surface area contributed by atoms with Crippen LogP contribution in [0.4, 0.5) is 0 Å². The zero-order valence-corrected chi connectivity index (χ0v) is 12.9. The third kappa shape index (κ3) is 3.64. The molecule has 19 heavy (non-hydrogen) atoms. The van der Waals surface area contributed by atoms with Gasteiger partial charge in [-0.1, -0.05) is 51.8 Å². The van der Waals surface area contributed by atoms with Gasteiger partial charge < -0.3 is 9.47 Å². The van der Waals surface area contributed by atoms with Gasteiger partial charge >= 0.3 is 0 Å². The summed E-state index contributed by atoms with van der Waals surface area (Å²) >= 11 is 9.53. The van der Waals surface area contributed by atoms with Gasteiger partial charge in [-0.05, 0) is 23.8 Å². The summed E-state index contributed by atoms with van der Waals surface area (Å²) in [5, 5.41) is 1.48. The highest BCUT2D eigenvalue weighted by molar-refractivity contribution is 9.08. The standard InChI is InChI=1S/C15H14BrClO2/c1-18-14-7-6-11(9-16)8-15(14)19-10-12-4-2-3-5-13(12)17/h2-8H,9-10H2,1H3. The molecule has 0 amide bonds. The van der Waals surface area contributed by atoms with Crippen LogP contribution in [0.5, 0.6) is 11.5 Å². The summed E-state index contributed by atoms with van der Waals surface area (Å²) in [7, 11) is 1.63. The van der Waals surface area contributed by atoms with Crippen molar-refractivity contribution in [3.63, 3.8) is 0 Å². The molecule has 0 bridgehead atoms. The van der Waals surface area contributed by atoms with Crippen LogP contribution in [0.1, 0.15) is 11.1 Å². The van der Waals surface area contributed by atoms with Crippen molar-refractivity contribution in [2.45, 2.75) is 11.9 Å². The fourth-order valence-electron chi connectivity index (χ4n) is 1.69. The minimum Gasteiger partial charge on any atom is -0.493 e. The molecule has 2 rings (SSSR count). The van der Waals surface area contributed by atoms with Gasteiger partial charge in [0.25, 0.3) is 0 Å². The second-order valence-electron chi connectivity index (χ2n) is 4.00. The molecule has 0 atom stereocenters. The maximum absolute atomic E-state index is 6.10. The Morgan fingerprint density at radius 3 is 2.58 bits per heavy atom. The van der Waals surface area contributed by atoms with Crippen LogP contribution in [0.15, 0.2) is 42.5 Å². The van der Waals surface area contributed by atoms with Crippen LogP contribution in [-0.2, 0) is 11.9 Å². The van der Waals surface area contributed by atoms with Crippen molar-refractivity contribution in [1.29, 1.82) is 0 Å². The van der Waals surface area contributed by atoms with E-state index in [0.717, 1.165) is 28.0 Å². The average molecular weight is 342 g/mol. The predicted octanol–water partition coefficient (Wildman–Crippen LogP) is 4.82. The van der Waals surface area contributed by atoms with Crippen LogP contribution < -0.4 is 9.47 Å². The van der Waals surface area contributed by atoms with Gasteiger partial charge in [0.2, 0.25) is 0 Å². The molecule has 0 heterocycles. The zero-order valence-electron chi connectivity index (χ0n) is 10.5. The molecular weight excluding hydrogens is 328 g/mol. The lowest BCUT2D eigenvalue weighted by atomic mass is 10.2. The Bertz CT molecular complexity index is 558. The smallest absolute Gasteiger partial charge is 0.161 e. The number of ether oxygens (including phenoxy) is 2. The summed E-state index contributed by atoms with van der Waals surface area (Å²) in [6, 6.07) is 13.5. The molecule has 0 spiro atoms. The molecule has 100 valence electrons. The van der Waals surface area contributed by atoms with Crippen molar-refractivity contribution in [3.8, 4) is 11.5 Å². The van der Waals surface area contributed by atoms with Gasteiger partial charge in [0.05, 0.1) is 7.11 Å². The van der Waals surface area contributed by atoms with E-state index >= 15 is 0 Å². The van der Waals surface area contributed by atoms with Gasteiger partial charge in [-0.25, -0.2) is 0 Å². The first-order valence-electron chi connectivity index (χ1n) is 5.83. The monoisotopic (exact) mass is 340 g/mol. The van der Waals surface area contributed by atoms with E-state index in [1.165, 1.54) is 0 Å². The molecule has 0 fully saturated rings. The topological polar surface area (TPSA) is 18.5 Å². The summed E-state index contributed by atoms with van der Waals surface area (Å²) in [5.74, 6) is 1.44. The Morgan fingerprint density at radius 2 is 1.89 bits per heavy atom. The molecule has 0 aliphatic rings. The molecule has 0 radical (unpaired) electrons. The Labute approximate surface area is 126 Å². The molecule has 0 aliphatic heterocycles. The van der Waals surface area contributed by atoms with E-state index in [2.05, 4.69) is 15.9 Å². The van der Waals surface area contributed by atoms with E-state index in [-0.39, 0.29) is 0 Å². The average Bonchev–Trinajstić information content (AvgIpc) is 2.46. The number of hydrogen-bond donors (Lipinski definition) is 0. The lowest BCUT2D eigenvalue weighted by Crippen LogP contribution is -1.99. The Balaban J connectivity index is 2.16. The highest BCUT2D eigenvalue weighted by atomic mass is 79.9. The third-order valence-electron chi connectivity index (χ3n) is 2.72. The molecule has 0 unspecified atom stereocenters. The second-order valence-corrected chi connectivity index (χ2v) is 4.97. The summed E-state index contributed by atoms with van der Waals surface area (Å²) in [5.41, 5.74) is 2.09. The number of alkyl halides is 1. The SMILES string of the molecule is COc1ccc(CBr)cc1OCc1ccccc1Cl. The molecule has 0 aromatic heterocycles. The van der Waals surface area contributed by atoms with Crippen molar-refractivity contribution in [2.75, 3.05) is 7.11 Å². The van der Waals surface area contributed by atoms with E-state index in [1.54, 1.807) is 7.11 Å². The maximum atomic E-state index is 6.10. The van der Waals surface area contributed by atoms with Crippen LogP contribution in [0, 0.1) is 0 Å². The molecule has 0 saturated heterocycles. The lowest BCUT2D eigenvalue weighted by molar-refractivity contribution is 0.284. The van der Waals surface area contributed by atoms with Crippen LogP contribution in [0.2, 0.25) is 5.02 Å². The summed E-state index contributed by atoms with van der Waals surface area (Å²) < 4.78 is 11.1. The minimum absolute atomic E-state index is 0.418. The first kappa shape index (κ1) is 14.2. The molecule has 2 nitrogen and oxygen atoms in total. The molecule has 0 N–H and O–H groups in total. The largest absolute Gasteiger partial charge is 0.493 e. The normalized spacial score (nSPS) is 10.3. The fraction of sp³-hybridized carbons (Fsp3) is 0.200. The quantitative estimate of drug-likeness (QED) is 0.726.